The normalized spacial score (nSPS) is 11.6. The van der Waals surface area contributed by atoms with Crippen molar-refractivity contribution in [3.05, 3.63) is 69.4 Å². The molecular formula is C20H17ClN4O3S2. The zero-order valence-corrected chi connectivity index (χ0v) is 18.4. The lowest BCUT2D eigenvalue weighted by atomic mass is 10.2. The number of anilines is 2. The number of sulfonamides is 1. The van der Waals surface area contributed by atoms with E-state index in [1.165, 1.54) is 6.07 Å². The van der Waals surface area contributed by atoms with Gasteiger partial charge in [-0.2, -0.15) is 0 Å². The Balaban J connectivity index is 1.62. The Morgan fingerprint density at radius 1 is 1.13 bits per heavy atom. The van der Waals surface area contributed by atoms with Gasteiger partial charge in [0.15, 0.2) is 0 Å². The molecule has 0 aliphatic rings. The van der Waals surface area contributed by atoms with E-state index in [4.69, 9.17) is 11.6 Å². The van der Waals surface area contributed by atoms with E-state index in [1.54, 1.807) is 59.5 Å². The molecular weight excluding hydrogens is 444 g/mol. The number of nitrogens with zero attached hydrogens (tertiary/aromatic N) is 2. The summed E-state index contributed by atoms with van der Waals surface area (Å²) in [6, 6.07) is 13.6. The predicted octanol–water partition coefficient (Wildman–Crippen LogP) is 4.65. The van der Waals surface area contributed by atoms with Crippen molar-refractivity contribution in [3.8, 4) is 0 Å². The van der Waals surface area contributed by atoms with Gasteiger partial charge in [0.1, 0.15) is 9.77 Å². The number of carbonyl (C=O) groups excluding carboxylic acids is 1. The number of carbonyl (C=O) groups is 1. The van der Waals surface area contributed by atoms with Crippen LogP contribution in [0.25, 0.3) is 11.0 Å². The maximum atomic E-state index is 12.9. The number of aromatic nitrogens is 2. The highest BCUT2D eigenvalue weighted by Gasteiger charge is 2.25. The summed E-state index contributed by atoms with van der Waals surface area (Å²) in [5.74, 6) is -0.265. The molecule has 0 saturated carbocycles. The third-order valence-corrected chi connectivity index (χ3v) is 7.20. The monoisotopic (exact) mass is 460 g/mol. The summed E-state index contributed by atoms with van der Waals surface area (Å²) in [6.45, 7) is 1.91. The summed E-state index contributed by atoms with van der Waals surface area (Å²) in [4.78, 5) is 17.2. The molecule has 0 bridgehead atoms. The Labute approximate surface area is 182 Å². The first-order valence-electron chi connectivity index (χ1n) is 8.85. The van der Waals surface area contributed by atoms with E-state index in [2.05, 4.69) is 15.0 Å². The molecule has 154 valence electrons. The fourth-order valence-electron chi connectivity index (χ4n) is 2.95. The quantitative estimate of drug-likeness (QED) is 0.453. The highest BCUT2D eigenvalue weighted by molar-refractivity contribution is 7.93. The molecule has 10 heteroatoms. The highest BCUT2D eigenvalue weighted by atomic mass is 35.5. The topological polar surface area (TPSA) is 93.1 Å². The van der Waals surface area contributed by atoms with Crippen molar-refractivity contribution >= 4 is 61.5 Å². The average molecular weight is 461 g/mol. The van der Waals surface area contributed by atoms with Gasteiger partial charge >= 0.3 is 0 Å². The minimum atomic E-state index is -3.94. The molecule has 0 aliphatic carbocycles. The second kappa shape index (κ2) is 7.75. The zero-order valence-electron chi connectivity index (χ0n) is 16.0. The van der Waals surface area contributed by atoms with Crippen LogP contribution in [0.3, 0.4) is 0 Å². The number of imidazole rings is 1. The number of thiophene rings is 1. The van der Waals surface area contributed by atoms with Crippen molar-refractivity contribution in [2.24, 2.45) is 7.05 Å². The molecule has 2 aromatic heterocycles. The van der Waals surface area contributed by atoms with Gasteiger partial charge in [-0.05, 0) is 48.7 Å². The second-order valence-corrected chi connectivity index (χ2v) is 9.67. The van der Waals surface area contributed by atoms with Gasteiger partial charge in [0.05, 0.1) is 11.0 Å². The van der Waals surface area contributed by atoms with Crippen molar-refractivity contribution in [3.63, 3.8) is 0 Å². The molecule has 2 heterocycles. The number of nitrogens with one attached hydrogen (secondary N) is 2. The van der Waals surface area contributed by atoms with Crippen LogP contribution in [-0.4, -0.2) is 23.9 Å². The molecule has 2 N–H and O–H groups in total. The largest absolute Gasteiger partial charge is 0.313 e. The van der Waals surface area contributed by atoms with Gasteiger partial charge in [-0.3, -0.25) is 14.8 Å². The third kappa shape index (κ3) is 3.91. The standard InChI is InChI=1S/C20H17ClN4O3S2/c1-12-3-6-14(7-4-12)24-30(27,28)17-9-10-29-18(17)19(26)23-20-22-15-11-13(21)5-8-16(15)25(20)2/h3-11,24H,1-2H3,(H,22,23,26). The number of hydrogen-bond donors (Lipinski definition) is 2. The van der Waals surface area contributed by atoms with Crippen LogP contribution in [-0.2, 0) is 17.1 Å². The molecule has 2 aromatic carbocycles. The average Bonchev–Trinajstić information content (AvgIpc) is 3.30. The first-order chi connectivity index (χ1) is 14.2. The lowest BCUT2D eigenvalue weighted by molar-refractivity contribution is 0.102. The summed E-state index contributed by atoms with van der Waals surface area (Å²) >= 11 is 7.05. The fourth-order valence-corrected chi connectivity index (χ4v) is 5.50. The fraction of sp³-hybridized carbons (Fsp3) is 0.100. The van der Waals surface area contributed by atoms with Crippen molar-refractivity contribution in [1.29, 1.82) is 0 Å². The van der Waals surface area contributed by atoms with Gasteiger partial charge in [0.2, 0.25) is 5.95 Å². The van der Waals surface area contributed by atoms with Gasteiger partial charge in [-0.15, -0.1) is 11.3 Å². The first-order valence-corrected chi connectivity index (χ1v) is 11.6. The maximum absolute atomic E-state index is 12.9. The number of hydrogen-bond acceptors (Lipinski definition) is 5. The molecule has 1 amide bonds. The second-order valence-electron chi connectivity index (χ2n) is 6.67. The van der Waals surface area contributed by atoms with Crippen LogP contribution in [0.5, 0.6) is 0 Å². The van der Waals surface area contributed by atoms with E-state index in [1.807, 2.05) is 6.92 Å². The molecule has 0 atom stereocenters. The van der Waals surface area contributed by atoms with Crippen LogP contribution >= 0.6 is 22.9 Å². The van der Waals surface area contributed by atoms with Gasteiger partial charge < -0.3 is 4.57 Å². The lowest BCUT2D eigenvalue weighted by Crippen LogP contribution is -2.19. The van der Waals surface area contributed by atoms with Crippen molar-refractivity contribution < 1.29 is 13.2 Å². The minimum Gasteiger partial charge on any atom is -0.313 e. The lowest BCUT2D eigenvalue weighted by Gasteiger charge is -2.09. The van der Waals surface area contributed by atoms with Crippen LogP contribution in [0.1, 0.15) is 15.2 Å². The van der Waals surface area contributed by atoms with Gasteiger partial charge in [-0.1, -0.05) is 29.3 Å². The number of amides is 1. The molecule has 4 rings (SSSR count). The van der Waals surface area contributed by atoms with Crippen LogP contribution < -0.4 is 10.0 Å². The Kier molecular flexibility index (Phi) is 5.27. The van der Waals surface area contributed by atoms with E-state index in [0.717, 1.165) is 22.4 Å². The van der Waals surface area contributed by atoms with Crippen LogP contribution in [0.15, 0.2) is 58.8 Å². The first kappa shape index (κ1) is 20.4. The number of rotatable bonds is 5. The number of halogens is 1. The summed E-state index contributed by atoms with van der Waals surface area (Å²) in [5.41, 5.74) is 2.85. The Hall–Kier alpha value is -2.88. The van der Waals surface area contributed by atoms with E-state index in [9.17, 15) is 13.2 Å². The molecule has 4 aromatic rings. The highest BCUT2D eigenvalue weighted by Crippen LogP contribution is 2.27. The minimum absolute atomic E-state index is 0.0692. The van der Waals surface area contributed by atoms with Crippen LogP contribution in [0.2, 0.25) is 5.02 Å². The van der Waals surface area contributed by atoms with Crippen molar-refractivity contribution in [2.75, 3.05) is 10.0 Å². The van der Waals surface area contributed by atoms with Gasteiger partial charge in [-0.25, -0.2) is 13.4 Å². The van der Waals surface area contributed by atoms with E-state index in [0.29, 0.717) is 22.2 Å². The molecule has 7 nitrogen and oxygen atoms in total. The molecule has 30 heavy (non-hydrogen) atoms. The number of aryl methyl sites for hydroxylation is 2. The zero-order chi connectivity index (χ0) is 21.5. The van der Waals surface area contributed by atoms with Crippen LogP contribution in [0.4, 0.5) is 11.6 Å². The third-order valence-electron chi connectivity index (χ3n) is 4.50. The van der Waals surface area contributed by atoms with Crippen LogP contribution in [0, 0.1) is 6.92 Å². The molecule has 0 aliphatic heterocycles. The summed E-state index contributed by atoms with van der Waals surface area (Å²) in [7, 11) is -2.18. The number of fused-ring (bicyclic) bond motifs is 1. The van der Waals surface area contributed by atoms with Crippen molar-refractivity contribution in [1.82, 2.24) is 9.55 Å². The predicted molar refractivity (Wildman–Crippen MR) is 120 cm³/mol. The van der Waals surface area contributed by atoms with E-state index < -0.39 is 15.9 Å². The van der Waals surface area contributed by atoms with Gasteiger partial charge in [0, 0.05) is 17.8 Å². The van der Waals surface area contributed by atoms with E-state index >= 15 is 0 Å². The van der Waals surface area contributed by atoms with Crippen molar-refractivity contribution in [2.45, 2.75) is 11.8 Å². The summed E-state index contributed by atoms with van der Waals surface area (Å²) in [5, 5.41) is 4.79. The molecule has 0 unspecified atom stereocenters. The maximum Gasteiger partial charge on any atom is 0.269 e. The van der Waals surface area contributed by atoms with E-state index in [-0.39, 0.29) is 9.77 Å². The molecule has 0 radical (unpaired) electrons. The molecule has 0 fully saturated rings. The summed E-state index contributed by atoms with van der Waals surface area (Å²) < 4.78 is 29.9. The smallest absolute Gasteiger partial charge is 0.269 e. The van der Waals surface area contributed by atoms with Gasteiger partial charge in [0.25, 0.3) is 15.9 Å². The SMILES string of the molecule is Cc1ccc(NS(=O)(=O)c2ccsc2C(=O)Nc2nc3cc(Cl)ccc3n2C)cc1. The Morgan fingerprint density at radius 2 is 1.87 bits per heavy atom. The summed E-state index contributed by atoms with van der Waals surface area (Å²) in [6.07, 6.45) is 0. The Morgan fingerprint density at radius 3 is 2.60 bits per heavy atom. The number of benzene rings is 2. The Bertz CT molecular complexity index is 1360. The molecule has 0 spiro atoms. The molecule has 0 saturated heterocycles.